The van der Waals surface area contributed by atoms with E-state index in [4.69, 9.17) is 4.74 Å². The number of urea groups is 1. The van der Waals surface area contributed by atoms with E-state index in [0.717, 1.165) is 24.0 Å². The second-order valence-corrected chi connectivity index (χ2v) is 7.88. The van der Waals surface area contributed by atoms with E-state index in [1.54, 1.807) is 18.3 Å². The summed E-state index contributed by atoms with van der Waals surface area (Å²) in [4.78, 5) is 16.2. The first-order valence-corrected chi connectivity index (χ1v) is 10.9. The molecule has 0 saturated carbocycles. The van der Waals surface area contributed by atoms with Crippen molar-refractivity contribution in [1.29, 1.82) is 0 Å². The lowest BCUT2D eigenvalue weighted by molar-refractivity contribution is 0.250. The number of ether oxygens (including phenoxy) is 1. The Morgan fingerprint density at radius 1 is 1.16 bits per heavy atom. The van der Waals surface area contributed by atoms with E-state index in [0.29, 0.717) is 28.9 Å². The lowest BCUT2D eigenvalue weighted by atomic mass is 10.1. The Morgan fingerprint density at radius 2 is 1.94 bits per heavy atom. The average Bonchev–Trinajstić information content (AvgIpc) is 3.15. The molecule has 31 heavy (non-hydrogen) atoms. The summed E-state index contributed by atoms with van der Waals surface area (Å²) in [5.41, 5.74) is 1.37. The highest BCUT2D eigenvalue weighted by atomic mass is 16.5. The maximum atomic E-state index is 11.9. The van der Waals surface area contributed by atoms with Crippen molar-refractivity contribution in [2.24, 2.45) is 0 Å². The van der Waals surface area contributed by atoms with Gasteiger partial charge in [-0.25, -0.2) is 9.78 Å². The Labute approximate surface area is 183 Å². The summed E-state index contributed by atoms with van der Waals surface area (Å²) in [7, 11) is 0. The minimum atomic E-state index is -0.234. The van der Waals surface area contributed by atoms with E-state index in [9.17, 15) is 4.79 Å². The molecule has 2 aromatic heterocycles. The van der Waals surface area contributed by atoms with Crippen LogP contribution in [0.1, 0.15) is 53.4 Å². The second-order valence-electron chi connectivity index (χ2n) is 7.88. The molecule has 1 unspecified atom stereocenters. The van der Waals surface area contributed by atoms with Crippen LogP contribution >= 0.6 is 0 Å². The van der Waals surface area contributed by atoms with Gasteiger partial charge < -0.3 is 20.7 Å². The highest BCUT2D eigenvalue weighted by molar-refractivity contribution is 5.93. The van der Waals surface area contributed by atoms with Gasteiger partial charge in [-0.2, -0.15) is 5.10 Å². The molecule has 0 aliphatic carbocycles. The van der Waals surface area contributed by atoms with Gasteiger partial charge in [-0.3, -0.25) is 5.10 Å². The average molecular weight is 425 g/mol. The van der Waals surface area contributed by atoms with Crippen molar-refractivity contribution in [3.8, 4) is 11.5 Å². The van der Waals surface area contributed by atoms with Gasteiger partial charge in [-0.15, -0.1) is 0 Å². The standard InChI is InChI=1S/C23H32N6O2/c1-5-7-8-16(6-2)26-22-20-19(13-14-24-21(20)28-29-22)31-18-11-9-17(10-12-18)27-23(30)25-15(3)4/h9-16H,5-8H2,1-4H3,(H2,25,27,30)(H2,24,26,28,29). The maximum absolute atomic E-state index is 11.9. The predicted molar refractivity (Wildman–Crippen MR) is 125 cm³/mol. The highest BCUT2D eigenvalue weighted by Gasteiger charge is 2.16. The molecule has 8 nitrogen and oxygen atoms in total. The van der Waals surface area contributed by atoms with Gasteiger partial charge >= 0.3 is 6.03 Å². The first kappa shape index (κ1) is 22.4. The zero-order valence-electron chi connectivity index (χ0n) is 18.7. The lowest BCUT2D eigenvalue weighted by Crippen LogP contribution is -2.34. The van der Waals surface area contributed by atoms with Crippen LogP contribution in [0, 0.1) is 0 Å². The van der Waals surface area contributed by atoms with Crippen molar-refractivity contribution in [2.75, 3.05) is 10.6 Å². The minimum absolute atomic E-state index is 0.0729. The van der Waals surface area contributed by atoms with Crippen molar-refractivity contribution >= 4 is 28.6 Å². The third kappa shape index (κ3) is 6.10. The van der Waals surface area contributed by atoms with Gasteiger partial charge in [0.1, 0.15) is 16.9 Å². The molecule has 166 valence electrons. The number of rotatable bonds is 10. The molecule has 1 atom stereocenters. The Kier molecular flexibility index (Phi) is 7.70. The predicted octanol–water partition coefficient (Wildman–Crippen LogP) is 5.66. The number of carbonyl (C=O) groups is 1. The molecule has 0 saturated heterocycles. The number of carbonyl (C=O) groups excluding carboxylic acids is 1. The molecule has 3 rings (SSSR count). The summed E-state index contributed by atoms with van der Waals surface area (Å²) in [5, 5.41) is 17.4. The van der Waals surface area contributed by atoms with Gasteiger partial charge in [-0.1, -0.05) is 26.7 Å². The highest BCUT2D eigenvalue weighted by Crippen LogP contribution is 2.33. The second kappa shape index (κ2) is 10.7. The first-order chi connectivity index (χ1) is 15.0. The minimum Gasteiger partial charge on any atom is -0.456 e. The number of unbranched alkanes of at least 4 members (excludes halogenated alkanes) is 1. The van der Waals surface area contributed by atoms with Crippen LogP contribution in [-0.2, 0) is 0 Å². The summed E-state index contributed by atoms with van der Waals surface area (Å²) in [5.74, 6) is 2.09. The number of anilines is 2. The smallest absolute Gasteiger partial charge is 0.319 e. The van der Waals surface area contributed by atoms with Gasteiger partial charge in [-0.05, 0) is 51.0 Å². The molecule has 1 aromatic carbocycles. The van der Waals surface area contributed by atoms with E-state index < -0.39 is 0 Å². The van der Waals surface area contributed by atoms with E-state index in [-0.39, 0.29) is 12.1 Å². The first-order valence-electron chi connectivity index (χ1n) is 10.9. The Bertz CT molecular complexity index is 983. The number of benzene rings is 1. The van der Waals surface area contributed by atoms with Crippen molar-refractivity contribution in [3.05, 3.63) is 36.5 Å². The Balaban J connectivity index is 1.75. The number of hydrogen-bond donors (Lipinski definition) is 4. The summed E-state index contributed by atoms with van der Waals surface area (Å²) in [6, 6.07) is 9.27. The Hall–Kier alpha value is -3.29. The van der Waals surface area contributed by atoms with E-state index >= 15 is 0 Å². The maximum Gasteiger partial charge on any atom is 0.319 e. The van der Waals surface area contributed by atoms with Crippen molar-refractivity contribution < 1.29 is 9.53 Å². The molecule has 0 bridgehead atoms. The molecule has 4 N–H and O–H groups in total. The van der Waals surface area contributed by atoms with Crippen molar-refractivity contribution in [1.82, 2.24) is 20.5 Å². The van der Waals surface area contributed by atoms with Crippen LogP contribution in [-0.4, -0.2) is 33.3 Å². The SMILES string of the molecule is CCCCC(CC)Nc1n[nH]c2nccc(Oc3ccc(NC(=O)NC(C)C)cc3)c12. The number of aromatic amines is 1. The van der Waals surface area contributed by atoms with Gasteiger partial charge in [0.05, 0.1) is 0 Å². The van der Waals surface area contributed by atoms with Crippen LogP contribution in [0.15, 0.2) is 36.5 Å². The third-order valence-corrected chi connectivity index (χ3v) is 4.92. The van der Waals surface area contributed by atoms with E-state index in [1.165, 1.54) is 12.8 Å². The van der Waals surface area contributed by atoms with Crippen LogP contribution < -0.4 is 20.7 Å². The molecule has 0 aliphatic heterocycles. The fraction of sp³-hybridized carbons (Fsp3) is 0.435. The fourth-order valence-corrected chi connectivity index (χ4v) is 3.30. The summed E-state index contributed by atoms with van der Waals surface area (Å²) >= 11 is 0. The van der Waals surface area contributed by atoms with Crippen LogP contribution in [0.4, 0.5) is 16.3 Å². The fourth-order valence-electron chi connectivity index (χ4n) is 3.30. The number of nitrogens with zero attached hydrogens (tertiary/aromatic N) is 2. The lowest BCUT2D eigenvalue weighted by Gasteiger charge is -2.17. The number of amides is 2. The van der Waals surface area contributed by atoms with Crippen LogP contribution in [0.2, 0.25) is 0 Å². The van der Waals surface area contributed by atoms with Crippen LogP contribution in [0.3, 0.4) is 0 Å². The number of fused-ring (bicyclic) bond motifs is 1. The number of H-pyrrole nitrogens is 1. The van der Waals surface area contributed by atoms with Crippen LogP contribution in [0.25, 0.3) is 11.0 Å². The number of nitrogens with one attached hydrogen (secondary N) is 4. The third-order valence-electron chi connectivity index (χ3n) is 4.92. The quantitative estimate of drug-likeness (QED) is 0.336. The molecule has 0 aliphatic rings. The number of aromatic nitrogens is 3. The number of pyridine rings is 1. The van der Waals surface area contributed by atoms with E-state index in [2.05, 4.69) is 45.0 Å². The molecule has 3 aromatic rings. The molecule has 0 spiro atoms. The molecule has 2 heterocycles. The zero-order chi connectivity index (χ0) is 22.2. The van der Waals surface area contributed by atoms with Crippen molar-refractivity contribution in [2.45, 2.75) is 65.5 Å². The van der Waals surface area contributed by atoms with Gasteiger partial charge in [0.2, 0.25) is 0 Å². The van der Waals surface area contributed by atoms with Gasteiger partial charge in [0.15, 0.2) is 11.5 Å². The molecule has 2 amide bonds. The topological polar surface area (TPSA) is 104 Å². The van der Waals surface area contributed by atoms with Crippen LogP contribution in [0.5, 0.6) is 11.5 Å². The van der Waals surface area contributed by atoms with Crippen molar-refractivity contribution in [3.63, 3.8) is 0 Å². The summed E-state index contributed by atoms with van der Waals surface area (Å²) in [6.07, 6.45) is 6.14. The normalized spacial score (nSPS) is 12.0. The molecule has 8 heteroatoms. The summed E-state index contributed by atoms with van der Waals surface area (Å²) in [6.45, 7) is 8.20. The summed E-state index contributed by atoms with van der Waals surface area (Å²) < 4.78 is 6.14. The zero-order valence-corrected chi connectivity index (χ0v) is 18.7. The molecular weight excluding hydrogens is 392 g/mol. The largest absolute Gasteiger partial charge is 0.456 e. The van der Waals surface area contributed by atoms with E-state index in [1.807, 2.05) is 32.0 Å². The van der Waals surface area contributed by atoms with Gasteiger partial charge in [0.25, 0.3) is 0 Å². The monoisotopic (exact) mass is 424 g/mol. The number of hydrogen-bond acceptors (Lipinski definition) is 5. The van der Waals surface area contributed by atoms with Gasteiger partial charge in [0, 0.05) is 30.0 Å². The molecule has 0 radical (unpaired) electrons. The molecular formula is C23H32N6O2. The molecule has 0 fully saturated rings. The Morgan fingerprint density at radius 3 is 2.61 bits per heavy atom.